The lowest BCUT2D eigenvalue weighted by molar-refractivity contribution is -0.115. The minimum atomic E-state index is -0.140. The molecule has 0 bridgehead atoms. The van der Waals surface area contributed by atoms with Crippen LogP contribution in [0.4, 0.5) is 5.69 Å². The summed E-state index contributed by atoms with van der Waals surface area (Å²) >= 11 is 0. The van der Waals surface area contributed by atoms with Crippen molar-refractivity contribution in [3.63, 3.8) is 0 Å². The number of carbonyl (C=O) groups is 1. The third kappa shape index (κ3) is 4.51. The van der Waals surface area contributed by atoms with Crippen molar-refractivity contribution >= 4 is 11.6 Å². The fourth-order valence-corrected chi connectivity index (χ4v) is 2.58. The Hall–Kier alpha value is -3.08. The number of aromatic nitrogens is 1. The van der Waals surface area contributed by atoms with E-state index < -0.39 is 0 Å². The molecule has 0 radical (unpaired) electrons. The molecule has 3 rings (SSSR count). The first-order chi connectivity index (χ1) is 12.5. The highest BCUT2D eigenvalue weighted by atomic mass is 16.5. The second-order valence-electron chi connectivity index (χ2n) is 6.38. The number of hydrogen-bond acceptors (Lipinski definition) is 4. The van der Waals surface area contributed by atoms with E-state index in [1.54, 1.807) is 0 Å². The molecule has 2 aromatic carbocycles. The maximum atomic E-state index is 12.3. The monoisotopic (exact) mass is 350 g/mol. The first-order valence-electron chi connectivity index (χ1n) is 8.58. The molecular weight excluding hydrogens is 328 g/mol. The van der Waals surface area contributed by atoms with E-state index in [0.29, 0.717) is 11.6 Å². The SMILES string of the molecule is Cc1cc(OC(C)C)ccc1NC(=O)Cc1coc(-c2ccccc2)n1. The highest BCUT2D eigenvalue weighted by Crippen LogP contribution is 2.23. The van der Waals surface area contributed by atoms with Crippen LogP contribution >= 0.6 is 0 Å². The van der Waals surface area contributed by atoms with E-state index >= 15 is 0 Å². The van der Waals surface area contributed by atoms with Gasteiger partial charge >= 0.3 is 0 Å². The molecule has 0 aliphatic heterocycles. The van der Waals surface area contributed by atoms with Crippen LogP contribution in [0.1, 0.15) is 25.1 Å². The van der Waals surface area contributed by atoms with E-state index in [-0.39, 0.29) is 18.4 Å². The van der Waals surface area contributed by atoms with E-state index in [1.165, 1.54) is 6.26 Å². The molecule has 5 heteroatoms. The van der Waals surface area contributed by atoms with Gasteiger partial charge in [-0.2, -0.15) is 0 Å². The Labute approximate surface area is 153 Å². The van der Waals surface area contributed by atoms with Crippen molar-refractivity contribution < 1.29 is 13.9 Å². The highest BCUT2D eigenvalue weighted by molar-refractivity contribution is 5.92. The van der Waals surface area contributed by atoms with Crippen molar-refractivity contribution in [2.24, 2.45) is 0 Å². The number of nitrogens with one attached hydrogen (secondary N) is 1. The number of amides is 1. The Bertz CT molecular complexity index is 885. The van der Waals surface area contributed by atoms with Gasteiger partial charge in [0.1, 0.15) is 12.0 Å². The molecule has 0 fully saturated rings. The summed E-state index contributed by atoms with van der Waals surface area (Å²) in [6.45, 7) is 5.89. The van der Waals surface area contributed by atoms with Crippen LogP contribution in [-0.4, -0.2) is 17.0 Å². The van der Waals surface area contributed by atoms with Crippen molar-refractivity contribution in [3.05, 3.63) is 66.1 Å². The van der Waals surface area contributed by atoms with Crippen LogP contribution in [0.2, 0.25) is 0 Å². The Balaban J connectivity index is 1.63. The van der Waals surface area contributed by atoms with Crippen molar-refractivity contribution in [2.45, 2.75) is 33.3 Å². The maximum absolute atomic E-state index is 12.3. The van der Waals surface area contributed by atoms with Crippen molar-refractivity contribution in [3.8, 4) is 17.2 Å². The largest absolute Gasteiger partial charge is 0.491 e. The van der Waals surface area contributed by atoms with E-state index in [4.69, 9.17) is 9.15 Å². The number of nitrogens with zero attached hydrogens (tertiary/aromatic N) is 1. The molecule has 26 heavy (non-hydrogen) atoms. The maximum Gasteiger partial charge on any atom is 0.230 e. The van der Waals surface area contributed by atoms with Gasteiger partial charge in [-0.15, -0.1) is 0 Å². The molecule has 0 saturated carbocycles. The summed E-state index contributed by atoms with van der Waals surface area (Å²) in [5, 5.41) is 2.91. The van der Waals surface area contributed by atoms with Gasteiger partial charge in [-0.1, -0.05) is 18.2 Å². The fraction of sp³-hybridized carbons (Fsp3) is 0.238. The van der Waals surface area contributed by atoms with Crippen LogP contribution < -0.4 is 10.1 Å². The average Bonchev–Trinajstić information content (AvgIpc) is 3.06. The number of aryl methyl sites for hydroxylation is 1. The van der Waals surface area contributed by atoms with E-state index in [2.05, 4.69) is 10.3 Å². The number of anilines is 1. The van der Waals surface area contributed by atoms with Gasteiger partial charge < -0.3 is 14.5 Å². The van der Waals surface area contributed by atoms with Gasteiger partial charge in [-0.3, -0.25) is 4.79 Å². The smallest absolute Gasteiger partial charge is 0.230 e. The molecule has 0 aliphatic rings. The molecule has 1 N–H and O–H groups in total. The van der Waals surface area contributed by atoms with Crippen LogP contribution in [0, 0.1) is 6.92 Å². The molecule has 0 unspecified atom stereocenters. The molecular formula is C21H22N2O3. The first kappa shape index (κ1) is 17.7. The summed E-state index contributed by atoms with van der Waals surface area (Å²) in [4.78, 5) is 16.7. The van der Waals surface area contributed by atoms with E-state index in [1.807, 2.05) is 69.3 Å². The molecule has 134 valence electrons. The molecule has 0 saturated heterocycles. The summed E-state index contributed by atoms with van der Waals surface area (Å²) < 4.78 is 11.1. The molecule has 0 spiro atoms. The zero-order valence-electron chi connectivity index (χ0n) is 15.2. The van der Waals surface area contributed by atoms with Gasteiger partial charge in [0.15, 0.2) is 0 Å². The van der Waals surface area contributed by atoms with E-state index in [0.717, 1.165) is 22.6 Å². The summed E-state index contributed by atoms with van der Waals surface area (Å²) in [7, 11) is 0. The quantitative estimate of drug-likeness (QED) is 0.704. The molecule has 1 amide bonds. The Morgan fingerprint density at radius 3 is 2.65 bits per heavy atom. The summed E-state index contributed by atoms with van der Waals surface area (Å²) in [5.74, 6) is 1.16. The van der Waals surface area contributed by atoms with Gasteiger partial charge in [-0.05, 0) is 56.7 Å². The minimum Gasteiger partial charge on any atom is -0.491 e. The number of oxazole rings is 1. The van der Waals surface area contributed by atoms with E-state index in [9.17, 15) is 4.79 Å². The molecule has 0 atom stereocenters. The highest BCUT2D eigenvalue weighted by Gasteiger charge is 2.12. The normalized spacial score (nSPS) is 10.8. The van der Waals surface area contributed by atoms with Crippen molar-refractivity contribution in [1.29, 1.82) is 0 Å². The molecule has 1 aromatic heterocycles. The summed E-state index contributed by atoms with van der Waals surface area (Å²) in [6.07, 6.45) is 1.79. The Kier molecular flexibility index (Phi) is 5.37. The Morgan fingerprint density at radius 2 is 1.96 bits per heavy atom. The molecule has 3 aromatic rings. The number of ether oxygens (including phenoxy) is 1. The third-order valence-electron chi connectivity index (χ3n) is 3.76. The van der Waals surface area contributed by atoms with Crippen molar-refractivity contribution in [1.82, 2.24) is 4.98 Å². The van der Waals surface area contributed by atoms with Gasteiger partial charge in [0.2, 0.25) is 11.8 Å². The van der Waals surface area contributed by atoms with Gasteiger partial charge in [0.05, 0.1) is 18.2 Å². The number of rotatable bonds is 6. The van der Waals surface area contributed by atoms with Crippen LogP contribution in [0.15, 0.2) is 59.2 Å². The zero-order chi connectivity index (χ0) is 18.5. The third-order valence-corrected chi connectivity index (χ3v) is 3.76. The molecule has 0 aliphatic carbocycles. The predicted octanol–water partition coefficient (Wildman–Crippen LogP) is 4.62. The molecule has 1 heterocycles. The average molecular weight is 350 g/mol. The first-order valence-corrected chi connectivity index (χ1v) is 8.58. The topological polar surface area (TPSA) is 64.4 Å². The standard InChI is InChI=1S/C21H22N2O3/c1-14(2)26-18-9-10-19(15(3)11-18)23-20(24)12-17-13-25-21(22-17)16-7-5-4-6-8-16/h4-11,13-14H,12H2,1-3H3,(H,23,24). The van der Waals surface area contributed by atoms with Gasteiger partial charge in [0, 0.05) is 11.3 Å². The van der Waals surface area contributed by atoms with Gasteiger partial charge in [-0.25, -0.2) is 4.98 Å². The van der Waals surface area contributed by atoms with Crippen LogP contribution in [-0.2, 0) is 11.2 Å². The lowest BCUT2D eigenvalue weighted by Crippen LogP contribution is -2.15. The number of carbonyl (C=O) groups excluding carboxylic acids is 1. The fourth-order valence-electron chi connectivity index (χ4n) is 2.58. The van der Waals surface area contributed by atoms with Crippen molar-refractivity contribution in [2.75, 3.05) is 5.32 Å². The zero-order valence-corrected chi connectivity index (χ0v) is 15.2. The second-order valence-corrected chi connectivity index (χ2v) is 6.38. The lowest BCUT2D eigenvalue weighted by atomic mass is 10.2. The lowest BCUT2D eigenvalue weighted by Gasteiger charge is -2.13. The Morgan fingerprint density at radius 1 is 1.19 bits per heavy atom. The minimum absolute atomic E-state index is 0.112. The summed E-state index contributed by atoms with van der Waals surface area (Å²) in [6, 6.07) is 15.2. The van der Waals surface area contributed by atoms with Gasteiger partial charge in [0.25, 0.3) is 0 Å². The van der Waals surface area contributed by atoms with Crippen LogP contribution in [0.3, 0.4) is 0 Å². The molecule has 5 nitrogen and oxygen atoms in total. The predicted molar refractivity (Wildman–Crippen MR) is 101 cm³/mol. The number of hydrogen-bond donors (Lipinski definition) is 1. The van der Waals surface area contributed by atoms with Crippen LogP contribution in [0.25, 0.3) is 11.5 Å². The van der Waals surface area contributed by atoms with Crippen LogP contribution in [0.5, 0.6) is 5.75 Å². The number of benzene rings is 2. The second kappa shape index (κ2) is 7.87. The summed E-state index contributed by atoms with van der Waals surface area (Å²) in [5.41, 5.74) is 3.19.